The summed E-state index contributed by atoms with van der Waals surface area (Å²) in [4.78, 5) is 151. The number of aromatic nitrogens is 12. The molecule has 6 aliphatic rings. The summed E-state index contributed by atoms with van der Waals surface area (Å²) in [5.41, 5.74) is 1.38. The predicted octanol–water partition coefficient (Wildman–Crippen LogP) is 14.9. The average Bonchev–Trinajstić information content (AvgIpc) is 1.26. The van der Waals surface area contributed by atoms with E-state index in [4.69, 9.17) is 14.2 Å². The molecule has 0 aliphatic carbocycles. The van der Waals surface area contributed by atoms with E-state index in [1.54, 1.807) is 64.8 Å². The fraction of sp³-hybridized carbons (Fsp3) is 0.280. The van der Waals surface area contributed by atoms with Gasteiger partial charge >= 0.3 is 17.1 Å². The average molecular weight is 1820 g/mol. The van der Waals surface area contributed by atoms with Crippen LogP contribution < -0.4 is 62.7 Å². The first kappa shape index (κ1) is 87.9. The lowest BCUT2D eigenvalue weighted by molar-refractivity contribution is -0.127. The van der Waals surface area contributed by atoms with Crippen LogP contribution in [0, 0.1) is 55.7 Å². The highest BCUT2D eigenvalue weighted by Gasteiger charge is 2.43. The highest BCUT2D eigenvalue weighted by Crippen LogP contribution is 2.51. The monoisotopic (exact) mass is 1820 g/mol. The number of hydrogen-bond donors (Lipinski definition) is 3. The van der Waals surface area contributed by atoms with Crippen LogP contribution in [0.25, 0.3) is 115 Å². The van der Waals surface area contributed by atoms with E-state index in [1.165, 1.54) is 99.0 Å². The summed E-state index contributed by atoms with van der Waals surface area (Å²) in [5, 5.41) is 1.99. The second-order valence-electron chi connectivity index (χ2n) is 35.1. The van der Waals surface area contributed by atoms with Crippen LogP contribution in [0.2, 0.25) is 0 Å². The van der Waals surface area contributed by atoms with Gasteiger partial charge in [-0.05, 0) is 176 Å². The van der Waals surface area contributed by atoms with Gasteiger partial charge in [0.2, 0.25) is 11.8 Å². The number of benzene rings is 6. The zero-order valence-electron chi connectivity index (χ0n) is 74.4. The van der Waals surface area contributed by atoms with Crippen LogP contribution in [0.5, 0.6) is 17.2 Å². The number of nitrogens with one attached hydrogen (secondary N) is 3. The number of rotatable bonds is 11. The predicted molar refractivity (Wildman–Crippen MR) is 500 cm³/mol. The van der Waals surface area contributed by atoms with Crippen LogP contribution in [0.4, 0.5) is 43.8 Å². The van der Waals surface area contributed by atoms with Crippen LogP contribution in [-0.4, -0.2) is 164 Å². The second-order valence-corrected chi connectivity index (χ2v) is 35.1. The standard InChI is InChI=1S/2C34H30F2N6O4.C32H29F2N5O3/c2*1-5-24(43)40-12-13-41-20(15-40)16-46-31-27-23(42(34(45)39-32(27)41)30-18(4)8-10-37-29(30)17(2)3)14-21(28(31)36)26-22(35)7-6-19-9-11-38-33(44)25(19)26;1-16(2)27-28(17(3)9-11-35-27)39-22-14-20(24-21(33)8-7-18-10-12-36-31(40)23(18)24)26(34)29-25(22)30(37-32(39)41)38-13-5-4-6-19(38)15-42-29/h2*5-11,14,17,20H,1,12-13,15-16H2,2-4H3,(H,38,44);7-12,14,16,19H,4-6,13,15H2,1-3H3,(H,36,40)/t2*20-;19-/m111/s1. The lowest BCUT2D eigenvalue weighted by Crippen LogP contribution is -2.56. The number of halogens is 6. The molecule has 0 bridgehead atoms. The molecular formula is C100H89F6N17O11. The Bertz CT molecular complexity index is 7630. The van der Waals surface area contributed by atoms with E-state index in [0.29, 0.717) is 99.7 Å². The Morgan fingerprint density at radius 1 is 0.410 bits per heavy atom. The number of aryl methyl sites for hydroxylation is 3. The van der Waals surface area contributed by atoms with Crippen molar-refractivity contribution in [3.63, 3.8) is 0 Å². The van der Waals surface area contributed by atoms with Gasteiger partial charge in [0.15, 0.2) is 34.7 Å². The van der Waals surface area contributed by atoms with Crippen molar-refractivity contribution in [3.8, 4) is 67.7 Å². The normalized spacial score (nSPS) is 16.2. The smallest absolute Gasteiger partial charge is 0.354 e. The first-order chi connectivity index (χ1) is 64.5. The third-order valence-electron chi connectivity index (χ3n) is 26.1. The molecule has 682 valence electrons. The van der Waals surface area contributed by atoms with Gasteiger partial charge in [0.05, 0.1) is 101 Å². The number of aromatic amines is 3. The number of H-pyrrole nitrogens is 3. The van der Waals surface area contributed by atoms with Gasteiger partial charge in [-0.3, -0.25) is 52.6 Å². The third-order valence-corrected chi connectivity index (χ3v) is 26.1. The number of hydrogen-bond acceptors (Lipinski definition) is 20. The van der Waals surface area contributed by atoms with E-state index in [1.807, 2.05) is 77.0 Å². The van der Waals surface area contributed by atoms with Gasteiger partial charge in [0.25, 0.3) is 16.7 Å². The molecule has 2 amide bonds. The summed E-state index contributed by atoms with van der Waals surface area (Å²) < 4.78 is 121. The molecule has 21 rings (SSSR count). The van der Waals surface area contributed by atoms with Crippen molar-refractivity contribution in [1.29, 1.82) is 0 Å². The van der Waals surface area contributed by atoms with E-state index in [9.17, 15) is 38.4 Å². The number of anilines is 3. The minimum atomic E-state index is -0.902. The zero-order valence-corrected chi connectivity index (χ0v) is 74.4. The van der Waals surface area contributed by atoms with Gasteiger partial charge in [0.1, 0.15) is 54.7 Å². The molecule has 0 spiro atoms. The molecule has 0 radical (unpaired) electrons. The summed E-state index contributed by atoms with van der Waals surface area (Å²) in [7, 11) is 0. The Morgan fingerprint density at radius 2 is 0.724 bits per heavy atom. The van der Waals surface area contributed by atoms with Crippen LogP contribution in [0.15, 0.2) is 182 Å². The molecule has 9 aromatic heterocycles. The molecule has 0 unspecified atom stereocenters. The van der Waals surface area contributed by atoms with Crippen molar-refractivity contribution in [2.75, 3.05) is 80.3 Å². The van der Waals surface area contributed by atoms with Gasteiger partial charge in [-0.15, -0.1) is 0 Å². The van der Waals surface area contributed by atoms with Gasteiger partial charge < -0.3 is 53.7 Å². The number of piperidine rings is 1. The minimum absolute atomic E-state index is 0.0117. The molecule has 3 N–H and O–H groups in total. The Labute approximate surface area is 759 Å². The van der Waals surface area contributed by atoms with Crippen molar-refractivity contribution >= 4 is 94.3 Å². The molecular weight excluding hydrogens is 1730 g/mol. The summed E-state index contributed by atoms with van der Waals surface area (Å²) in [5.74, 6) is -5.56. The number of carbonyl (C=O) groups is 2. The number of carbonyl (C=O) groups excluding carboxylic acids is 2. The van der Waals surface area contributed by atoms with E-state index in [0.717, 1.165) is 36.0 Å². The van der Waals surface area contributed by atoms with Crippen molar-refractivity contribution in [2.45, 2.75) is 117 Å². The third kappa shape index (κ3) is 14.5. The lowest BCUT2D eigenvalue weighted by atomic mass is 9.96. The molecule has 3 atom stereocenters. The van der Waals surface area contributed by atoms with Crippen molar-refractivity contribution in [1.82, 2.24) is 68.4 Å². The molecule has 15 heterocycles. The quantitative estimate of drug-likeness (QED) is 0.0800. The number of amides is 2. The number of piperazine rings is 2. The maximum Gasteiger partial charge on any atom is 0.354 e. The van der Waals surface area contributed by atoms with Crippen molar-refractivity contribution in [2.24, 2.45) is 0 Å². The summed E-state index contributed by atoms with van der Waals surface area (Å²) in [6.07, 6.45) is 14.5. The Kier molecular flexibility index (Phi) is 22.6. The Balaban J connectivity index is 0.000000129. The molecule has 6 aliphatic heterocycles. The van der Waals surface area contributed by atoms with Gasteiger partial charge in [-0.1, -0.05) is 72.9 Å². The Morgan fingerprint density at radius 3 is 1.04 bits per heavy atom. The molecule has 6 aromatic carbocycles. The molecule has 134 heavy (non-hydrogen) atoms. The van der Waals surface area contributed by atoms with Crippen molar-refractivity contribution < 1.29 is 50.1 Å². The fourth-order valence-corrected chi connectivity index (χ4v) is 19.8. The maximum absolute atomic E-state index is 17.0. The number of fused-ring (bicyclic) bond motifs is 9. The van der Waals surface area contributed by atoms with E-state index < -0.39 is 80.7 Å². The molecule has 3 saturated heterocycles. The number of nitrogens with zero attached hydrogens (tertiary/aromatic N) is 14. The molecule has 3 fully saturated rings. The van der Waals surface area contributed by atoms with E-state index in [-0.39, 0.29) is 169 Å². The van der Waals surface area contributed by atoms with Crippen LogP contribution >= 0.6 is 0 Å². The van der Waals surface area contributed by atoms with Crippen LogP contribution in [0.1, 0.15) is 112 Å². The molecule has 15 aromatic rings. The number of ether oxygens (including phenoxy) is 3. The van der Waals surface area contributed by atoms with Gasteiger partial charge in [0, 0.05) is 116 Å². The summed E-state index contributed by atoms with van der Waals surface area (Å²) in [6.45, 7) is 26.9. The topological polar surface area (TPSA) is 320 Å². The van der Waals surface area contributed by atoms with Crippen LogP contribution in [0.3, 0.4) is 0 Å². The summed E-state index contributed by atoms with van der Waals surface area (Å²) in [6, 6.07) is 21.3. The zero-order chi connectivity index (χ0) is 94.2. The highest BCUT2D eigenvalue weighted by atomic mass is 19.1. The molecule has 34 heteroatoms. The van der Waals surface area contributed by atoms with E-state index in [2.05, 4.69) is 58.0 Å². The van der Waals surface area contributed by atoms with Crippen LogP contribution in [-0.2, 0) is 9.59 Å². The van der Waals surface area contributed by atoms with E-state index >= 15 is 26.3 Å². The highest BCUT2D eigenvalue weighted by molar-refractivity contribution is 6.08. The van der Waals surface area contributed by atoms with Crippen molar-refractivity contribution in [3.05, 3.63) is 285 Å². The molecule has 28 nitrogen and oxygen atoms in total. The van der Waals surface area contributed by atoms with Gasteiger partial charge in [-0.2, -0.15) is 15.0 Å². The SMILES string of the molecule is C=CC(=O)N1CCN2c3nc(=O)n(-c4c(C)ccnc4C(C)C)c4cc(-c5c(F)ccc6cc[nH]c(=O)c56)c(F)c(c34)OC[C@H]2C1.C=CC(=O)N1CCN2c3nc(=O)n(-c4c(C)ccnc4C(C)C)c4cc(-c5c(F)ccc6cc[nH]c(=O)c56)c(F)c(c34)OC[C@H]2C1.Cc1ccnc(C(C)C)c1-n1c(=O)nc2c3c(c(F)c(-c4c(F)ccc5cc[nH]c(=O)c45)cc31)OC[C@H]1CCCCN21. The Hall–Kier alpha value is -15.4. The lowest BCUT2D eigenvalue weighted by Gasteiger charge is -2.40. The largest absolute Gasteiger partial charge is 0.487 e. The fourth-order valence-electron chi connectivity index (χ4n) is 19.8. The maximum atomic E-state index is 17.0. The minimum Gasteiger partial charge on any atom is -0.487 e. The first-order valence-electron chi connectivity index (χ1n) is 44.1. The number of pyridine rings is 6. The first-order valence-corrected chi connectivity index (χ1v) is 44.1. The summed E-state index contributed by atoms with van der Waals surface area (Å²) >= 11 is 0. The second kappa shape index (κ2) is 34.4. The van der Waals surface area contributed by atoms with Gasteiger partial charge in [-0.25, -0.2) is 40.7 Å². The molecule has 0 saturated carbocycles.